The Bertz CT molecular complexity index is 585. The van der Waals surface area contributed by atoms with Crippen molar-refractivity contribution < 1.29 is 13.2 Å². The van der Waals surface area contributed by atoms with Gasteiger partial charge in [0.2, 0.25) is 5.82 Å². The van der Waals surface area contributed by atoms with Crippen LogP contribution in [-0.4, -0.2) is 16.0 Å². The first-order valence-corrected chi connectivity index (χ1v) is 6.98. The van der Waals surface area contributed by atoms with Crippen molar-refractivity contribution in [3.8, 4) is 0 Å². The SMILES string of the molecule is CC(Cc1cccs1)Nc1cc(NN)nc(C(F)(F)F)n1. The third kappa shape index (κ3) is 4.30. The molecule has 0 saturated heterocycles. The summed E-state index contributed by atoms with van der Waals surface area (Å²) in [6.07, 6.45) is -3.94. The van der Waals surface area contributed by atoms with Gasteiger partial charge in [0, 0.05) is 23.4 Å². The van der Waals surface area contributed by atoms with E-state index in [0.717, 1.165) is 4.88 Å². The number of hydrazine groups is 1. The van der Waals surface area contributed by atoms with Gasteiger partial charge in [-0.25, -0.2) is 15.8 Å². The zero-order valence-corrected chi connectivity index (χ0v) is 11.9. The molecule has 0 aliphatic heterocycles. The number of hydrogen-bond donors (Lipinski definition) is 3. The van der Waals surface area contributed by atoms with E-state index in [1.165, 1.54) is 6.07 Å². The van der Waals surface area contributed by atoms with E-state index in [1.54, 1.807) is 11.3 Å². The first-order valence-electron chi connectivity index (χ1n) is 6.10. The number of thiophene rings is 1. The summed E-state index contributed by atoms with van der Waals surface area (Å²) in [6, 6.07) is 5.15. The molecule has 2 aromatic heterocycles. The molecule has 1 atom stereocenters. The summed E-state index contributed by atoms with van der Waals surface area (Å²) >= 11 is 1.59. The number of nitrogens with zero attached hydrogens (tertiary/aromatic N) is 2. The largest absolute Gasteiger partial charge is 0.451 e. The number of halogens is 3. The van der Waals surface area contributed by atoms with Crippen molar-refractivity contribution in [1.82, 2.24) is 9.97 Å². The van der Waals surface area contributed by atoms with Crippen LogP contribution in [0.2, 0.25) is 0 Å². The van der Waals surface area contributed by atoms with E-state index in [4.69, 9.17) is 5.84 Å². The van der Waals surface area contributed by atoms with Crippen molar-refractivity contribution in [2.24, 2.45) is 5.84 Å². The minimum atomic E-state index is -4.62. The summed E-state index contributed by atoms with van der Waals surface area (Å²) in [7, 11) is 0. The third-order valence-electron chi connectivity index (χ3n) is 2.61. The lowest BCUT2D eigenvalue weighted by Gasteiger charge is -2.16. The molecule has 0 saturated carbocycles. The topological polar surface area (TPSA) is 75.9 Å². The quantitative estimate of drug-likeness (QED) is 0.584. The summed E-state index contributed by atoms with van der Waals surface area (Å²) in [5, 5.41) is 4.88. The van der Waals surface area contributed by atoms with E-state index >= 15 is 0 Å². The second-order valence-corrected chi connectivity index (χ2v) is 5.47. The van der Waals surface area contributed by atoms with Crippen molar-refractivity contribution in [2.75, 3.05) is 10.7 Å². The number of alkyl halides is 3. The molecule has 0 radical (unpaired) electrons. The van der Waals surface area contributed by atoms with Crippen LogP contribution in [0.4, 0.5) is 24.8 Å². The van der Waals surface area contributed by atoms with Crippen LogP contribution in [0.1, 0.15) is 17.6 Å². The predicted octanol–water partition coefficient (Wildman–Crippen LogP) is 2.89. The average molecular weight is 317 g/mol. The third-order valence-corrected chi connectivity index (χ3v) is 3.51. The van der Waals surface area contributed by atoms with E-state index in [9.17, 15) is 13.2 Å². The number of aromatic nitrogens is 2. The smallest absolute Gasteiger partial charge is 0.367 e. The minimum Gasteiger partial charge on any atom is -0.367 e. The average Bonchev–Trinajstić information content (AvgIpc) is 2.89. The highest BCUT2D eigenvalue weighted by Crippen LogP contribution is 2.28. The van der Waals surface area contributed by atoms with Crippen LogP contribution >= 0.6 is 11.3 Å². The molecule has 5 nitrogen and oxygen atoms in total. The van der Waals surface area contributed by atoms with Gasteiger partial charge in [-0.1, -0.05) is 6.07 Å². The Morgan fingerprint density at radius 1 is 1.33 bits per heavy atom. The molecule has 2 heterocycles. The van der Waals surface area contributed by atoms with Crippen LogP contribution in [0.15, 0.2) is 23.6 Å². The maximum Gasteiger partial charge on any atom is 0.451 e. The normalized spacial score (nSPS) is 13.0. The molecule has 0 aromatic carbocycles. The number of nitrogens with one attached hydrogen (secondary N) is 2. The highest BCUT2D eigenvalue weighted by atomic mass is 32.1. The highest BCUT2D eigenvalue weighted by molar-refractivity contribution is 7.09. The maximum absolute atomic E-state index is 12.7. The van der Waals surface area contributed by atoms with Gasteiger partial charge in [0.15, 0.2) is 0 Å². The van der Waals surface area contributed by atoms with Gasteiger partial charge in [0.1, 0.15) is 11.6 Å². The molecule has 9 heteroatoms. The van der Waals surface area contributed by atoms with Gasteiger partial charge >= 0.3 is 6.18 Å². The van der Waals surface area contributed by atoms with Crippen molar-refractivity contribution in [3.63, 3.8) is 0 Å². The van der Waals surface area contributed by atoms with Gasteiger partial charge in [0.05, 0.1) is 0 Å². The summed E-state index contributed by atoms with van der Waals surface area (Å²) < 4.78 is 38.1. The first-order chi connectivity index (χ1) is 9.88. The van der Waals surface area contributed by atoms with Crippen molar-refractivity contribution >= 4 is 23.0 Å². The Kier molecular flexibility index (Phi) is 4.63. The Hall–Kier alpha value is -1.87. The molecule has 0 aliphatic rings. The van der Waals surface area contributed by atoms with Crippen LogP contribution in [0.5, 0.6) is 0 Å². The zero-order chi connectivity index (χ0) is 15.5. The predicted molar refractivity (Wildman–Crippen MR) is 76.0 cm³/mol. The number of hydrogen-bond acceptors (Lipinski definition) is 6. The van der Waals surface area contributed by atoms with Crippen LogP contribution in [0, 0.1) is 0 Å². The number of nitrogen functional groups attached to an aromatic ring is 1. The number of anilines is 2. The Morgan fingerprint density at radius 3 is 2.62 bits per heavy atom. The Balaban J connectivity index is 2.15. The fraction of sp³-hybridized carbons (Fsp3) is 0.333. The summed E-state index contributed by atoms with van der Waals surface area (Å²) in [5.41, 5.74) is 2.11. The van der Waals surface area contributed by atoms with Crippen LogP contribution in [0.3, 0.4) is 0 Å². The van der Waals surface area contributed by atoms with Gasteiger partial charge in [0.25, 0.3) is 0 Å². The molecular weight excluding hydrogens is 303 g/mol. The fourth-order valence-electron chi connectivity index (χ4n) is 1.76. The van der Waals surface area contributed by atoms with E-state index in [2.05, 4.69) is 20.7 Å². The van der Waals surface area contributed by atoms with Crippen molar-refractivity contribution in [1.29, 1.82) is 0 Å². The molecule has 0 amide bonds. The molecule has 2 aromatic rings. The summed E-state index contributed by atoms with van der Waals surface area (Å²) in [4.78, 5) is 7.91. The number of nitrogens with two attached hydrogens (primary N) is 1. The molecule has 1 unspecified atom stereocenters. The van der Waals surface area contributed by atoms with E-state index in [1.807, 2.05) is 24.4 Å². The van der Waals surface area contributed by atoms with Gasteiger partial charge in [-0.3, -0.25) is 0 Å². The molecule has 4 N–H and O–H groups in total. The van der Waals surface area contributed by atoms with Crippen LogP contribution < -0.4 is 16.6 Å². The lowest BCUT2D eigenvalue weighted by atomic mass is 10.2. The van der Waals surface area contributed by atoms with Crippen LogP contribution in [0.25, 0.3) is 0 Å². The Morgan fingerprint density at radius 2 is 2.05 bits per heavy atom. The van der Waals surface area contributed by atoms with Gasteiger partial charge < -0.3 is 10.7 Å². The van der Waals surface area contributed by atoms with E-state index < -0.39 is 12.0 Å². The van der Waals surface area contributed by atoms with Gasteiger partial charge in [-0.05, 0) is 18.4 Å². The fourth-order valence-corrected chi connectivity index (χ4v) is 2.59. The van der Waals surface area contributed by atoms with E-state index in [-0.39, 0.29) is 17.7 Å². The Labute approximate surface area is 123 Å². The van der Waals surface area contributed by atoms with Gasteiger partial charge in [-0.15, -0.1) is 11.3 Å². The van der Waals surface area contributed by atoms with E-state index in [0.29, 0.717) is 6.42 Å². The van der Waals surface area contributed by atoms with Crippen molar-refractivity contribution in [3.05, 3.63) is 34.3 Å². The standard InChI is InChI=1S/C12H14F3N5S/c1-7(5-8-3-2-4-21-8)17-9-6-10(20-16)19-11(18-9)12(13,14)15/h2-4,6-7H,5,16H2,1H3,(H2,17,18,19,20). The maximum atomic E-state index is 12.7. The zero-order valence-electron chi connectivity index (χ0n) is 11.1. The molecular formula is C12H14F3N5S. The monoisotopic (exact) mass is 317 g/mol. The molecule has 0 fully saturated rings. The van der Waals surface area contributed by atoms with Crippen LogP contribution in [-0.2, 0) is 12.6 Å². The summed E-state index contributed by atoms with van der Waals surface area (Å²) in [6.45, 7) is 1.87. The molecule has 0 spiro atoms. The number of rotatable bonds is 5. The molecule has 2 rings (SSSR count). The lowest BCUT2D eigenvalue weighted by Crippen LogP contribution is -2.21. The lowest BCUT2D eigenvalue weighted by molar-refractivity contribution is -0.144. The molecule has 0 bridgehead atoms. The van der Waals surface area contributed by atoms with Crippen molar-refractivity contribution in [2.45, 2.75) is 25.6 Å². The minimum absolute atomic E-state index is 0.0781. The second kappa shape index (κ2) is 6.27. The second-order valence-electron chi connectivity index (χ2n) is 4.43. The molecule has 114 valence electrons. The summed E-state index contributed by atoms with van der Waals surface area (Å²) in [5.74, 6) is 3.89. The molecule has 21 heavy (non-hydrogen) atoms. The first kappa shape index (κ1) is 15.5. The molecule has 0 aliphatic carbocycles. The van der Waals surface area contributed by atoms with Gasteiger partial charge in [-0.2, -0.15) is 13.2 Å². The highest BCUT2D eigenvalue weighted by Gasteiger charge is 2.35.